The van der Waals surface area contributed by atoms with Crippen molar-refractivity contribution in [3.63, 3.8) is 0 Å². The Morgan fingerprint density at radius 2 is 1.93 bits per heavy atom. The third-order valence-electron chi connectivity index (χ3n) is 7.79. The van der Waals surface area contributed by atoms with Gasteiger partial charge in [0.15, 0.2) is 0 Å². The lowest BCUT2D eigenvalue weighted by molar-refractivity contribution is -0.117. The summed E-state index contributed by atoms with van der Waals surface area (Å²) in [6.45, 7) is 5.17. The van der Waals surface area contributed by atoms with Gasteiger partial charge >= 0.3 is 0 Å². The summed E-state index contributed by atoms with van der Waals surface area (Å²) in [6.07, 6.45) is 7.48. The average molecular weight is 592 g/mol. The quantitative estimate of drug-likeness (QED) is 0.207. The molecule has 2 fully saturated rings. The third kappa shape index (κ3) is 6.91. The Hall–Kier alpha value is -5.12. The lowest BCUT2D eigenvalue weighted by atomic mass is 10.0. The largest absolute Gasteiger partial charge is 0.378 e. The lowest BCUT2D eigenvalue weighted by Crippen LogP contribution is -2.47. The highest BCUT2D eigenvalue weighted by atomic mass is 16.5. The van der Waals surface area contributed by atoms with Gasteiger partial charge in [-0.05, 0) is 60.8 Å². The van der Waals surface area contributed by atoms with Gasteiger partial charge in [-0.3, -0.25) is 19.5 Å². The number of hydrogen-bond donors (Lipinski definition) is 3. The first-order valence-corrected chi connectivity index (χ1v) is 14.7. The topological polar surface area (TPSA) is 152 Å². The van der Waals surface area contributed by atoms with Crippen molar-refractivity contribution in [2.45, 2.75) is 25.4 Å². The number of fused-ring (bicyclic) bond motifs is 1. The second-order valence-electron chi connectivity index (χ2n) is 10.9. The first kappa shape index (κ1) is 29.0. The van der Waals surface area contributed by atoms with E-state index in [9.17, 15) is 9.59 Å². The van der Waals surface area contributed by atoms with Gasteiger partial charge in [-0.25, -0.2) is 9.97 Å². The minimum Gasteiger partial charge on any atom is -0.378 e. The molecule has 2 saturated heterocycles. The average Bonchev–Trinajstić information content (AvgIpc) is 3.50. The number of H-pyrrole nitrogens is 1. The Balaban J connectivity index is 1.08. The number of likely N-dealkylation sites (tertiary alicyclic amines) is 1. The summed E-state index contributed by atoms with van der Waals surface area (Å²) in [7, 11) is 0. The fourth-order valence-electron chi connectivity index (χ4n) is 5.67. The molecule has 0 saturated carbocycles. The summed E-state index contributed by atoms with van der Waals surface area (Å²) in [5.41, 5.74) is 4.62. The summed E-state index contributed by atoms with van der Waals surface area (Å²) in [5.74, 6) is 0.349. The summed E-state index contributed by atoms with van der Waals surface area (Å²) in [4.78, 5) is 46.2. The summed E-state index contributed by atoms with van der Waals surface area (Å²) in [6, 6.07) is 15.2. The van der Waals surface area contributed by atoms with E-state index in [0.29, 0.717) is 37.7 Å². The third-order valence-corrected chi connectivity index (χ3v) is 7.79. The molecule has 2 amide bonds. The Bertz CT molecular complexity index is 1700. The lowest BCUT2D eigenvalue weighted by Gasteiger charge is -2.33. The predicted molar refractivity (Wildman–Crippen MR) is 166 cm³/mol. The van der Waals surface area contributed by atoms with E-state index >= 15 is 0 Å². The molecule has 0 aliphatic carbocycles. The van der Waals surface area contributed by atoms with Crippen LogP contribution >= 0.6 is 0 Å². The molecular weight excluding hydrogens is 558 g/mol. The normalized spacial score (nSPS) is 17.4. The number of carbonyl (C=O) groups is 2. The smallest absolute Gasteiger partial charge is 0.274 e. The molecule has 3 aromatic heterocycles. The van der Waals surface area contributed by atoms with Crippen molar-refractivity contribution in [2.24, 2.45) is 0 Å². The van der Waals surface area contributed by atoms with Crippen molar-refractivity contribution < 1.29 is 14.3 Å². The molecule has 44 heavy (non-hydrogen) atoms. The van der Waals surface area contributed by atoms with Crippen molar-refractivity contribution in [1.29, 1.82) is 5.26 Å². The number of rotatable bonds is 8. The van der Waals surface area contributed by atoms with Gasteiger partial charge in [0, 0.05) is 62.0 Å². The van der Waals surface area contributed by atoms with Crippen molar-refractivity contribution in [3.05, 3.63) is 78.4 Å². The summed E-state index contributed by atoms with van der Waals surface area (Å²) in [5, 5.41) is 15.5. The molecule has 0 spiro atoms. The number of pyridine rings is 1. The van der Waals surface area contributed by atoms with Gasteiger partial charge in [0.2, 0.25) is 5.91 Å². The highest BCUT2D eigenvalue weighted by molar-refractivity contribution is 6.03. The zero-order valence-corrected chi connectivity index (χ0v) is 24.2. The second kappa shape index (κ2) is 13.5. The van der Waals surface area contributed by atoms with Crippen LogP contribution in [0.15, 0.2) is 67.1 Å². The van der Waals surface area contributed by atoms with Crippen LogP contribution in [0.5, 0.6) is 0 Å². The number of nitrogens with zero attached hydrogens (tertiary/aromatic N) is 6. The molecule has 0 bridgehead atoms. The number of carbonyl (C=O) groups excluding carboxylic acids is 2. The number of nitriles is 1. The van der Waals surface area contributed by atoms with Gasteiger partial charge in [-0.2, -0.15) is 5.26 Å². The van der Waals surface area contributed by atoms with Gasteiger partial charge in [0.05, 0.1) is 24.7 Å². The molecule has 4 aromatic rings. The molecule has 2 aliphatic rings. The second-order valence-corrected chi connectivity index (χ2v) is 10.9. The van der Waals surface area contributed by atoms with Crippen molar-refractivity contribution >= 4 is 34.4 Å². The monoisotopic (exact) mass is 591 g/mol. The zero-order chi connectivity index (χ0) is 30.3. The van der Waals surface area contributed by atoms with Gasteiger partial charge in [0.1, 0.15) is 23.5 Å². The minimum atomic E-state index is -0.288. The van der Waals surface area contributed by atoms with Crippen molar-refractivity contribution in [2.75, 3.05) is 49.6 Å². The maximum atomic E-state index is 13.1. The van der Waals surface area contributed by atoms with Crippen LogP contribution in [0.4, 0.5) is 11.5 Å². The highest BCUT2D eigenvalue weighted by Gasteiger charge is 2.22. The van der Waals surface area contributed by atoms with Gasteiger partial charge < -0.3 is 25.3 Å². The number of amides is 2. The van der Waals surface area contributed by atoms with Crippen molar-refractivity contribution in [1.82, 2.24) is 30.2 Å². The number of piperidine rings is 1. The van der Waals surface area contributed by atoms with Crippen LogP contribution in [0.1, 0.15) is 28.9 Å². The van der Waals surface area contributed by atoms with E-state index < -0.39 is 0 Å². The van der Waals surface area contributed by atoms with Crippen LogP contribution in [-0.2, 0) is 16.1 Å². The van der Waals surface area contributed by atoms with Gasteiger partial charge in [-0.1, -0.05) is 12.1 Å². The van der Waals surface area contributed by atoms with Crippen LogP contribution in [0.25, 0.3) is 22.3 Å². The number of morpholine rings is 1. The van der Waals surface area contributed by atoms with Crippen LogP contribution in [0, 0.1) is 11.3 Å². The van der Waals surface area contributed by atoms with Gasteiger partial charge in [0.25, 0.3) is 5.91 Å². The van der Waals surface area contributed by atoms with E-state index in [0.717, 1.165) is 66.1 Å². The number of benzene rings is 1. The highest BCUT2D eigenvalue weighted by Crippen LogP contribution is 2.29. The molecule has 5 heterocycles. The van der Waals surface area contributed by atoms with Crippen LogP contribution in [-0.4, -0.2) is 82.1 Å². The fourth-order valence-corrected chi connectivity index (χ4v) is 5.67. The number of allylic oxidation sites excluding steroid dienone is 1. The van der Waals surface area contributed by atoms with E-state index in [2.05, 4.69) is 46.4 Å². The zero-order valence-electron chi connectivity index (χ0n) is 24.2. The molecule has 2 aliphatic heterocycles. The maximum absolute atomic E-state index is 13.1. The Morgan fingerprint density at radius 1 is 1.09 bits per heavy atom. The SMILES string of the molecule is N#C/C=C/C(=O)NC1CCCN(Cc2ccnc(C(=O)Nc3ccc(-c4cc5c(N6CCOCC6)ncnc5[nH]4)cc3)c2)C1. The van der Waals surface area contributed by atoms with Crippen LogP contribution in [0.3, 0.4) is 0 Å². The Morgan fingerprint density at radius 3 is 2.75 bits per heavy atom. The number of nitrogens with one attached hydrogen (secondary N) is 3. The van der Waals surface area contributed by atoms with E-state index in [1.807, 2.05) is 36.4 Å². The maximum Gasteiger partial charge on any atom is 0.274 e. The molecule has 224 valence electrons. The van der Waals surface area contributed by atoms with E-state index in [-0.39, 0.29) is 17.9 Å². The Labute approximate surface area is 254 Å². The van der Waals surface area contributed by atoms with Crippen LogP contribution < -0.4 is 15.5 Å². The van der Waals surface area contributed by atoms with Crippen LogP contribution in [0.2, 0.25) is 0 Å². The number of ether oxygens (including phenoxy) is 1. The number of anilines is 2. The number of hydrogen-bond acceptors (Lipinski definition) is 9. The molecule has 12 nitrogen and oxygen atoms in total. The van der Waals surface area contributed by atoms with Gasteiger partial charge in [-0.15, -0.1) is 0 Å². The molecule has 0 radical (unpaired) electrons. The van der Waals surface area contributed by atoms with E-state index in [4.69, 9.17) is 10.00 Å². The number of aromatic nitrogens is 4. The molecule has 6 rings (SSSR count). The minimum absolute atomic E-state index is 0.0104. The van der Waals surface area contributed by atoms with E-state index in [1.165, 1.54) is 12.2 Å². The molecule has 12 heteroatoms. The first-order chi connectivity index (χ1) is 21.6. The molecule has 1 atom stereocenters. The first-order valence-electron chi connectivity index (χ1n) is 14.7. The summed E-state index contributed by atoms with van der Waals surface area (Å²) < 4.78 is 5.49. The van der Waals surface area contributed by atoms with E-state index in [1.54, 1.807) is 18.6 Å². The summed E-state index contributed by atoms with van der Waals surface area (Å²) >= 11 is 0. The predicted octanol–water partition coefficient (Wildman–Crippen LogP) is 3.27. The number of aromatic amines is 1. The molecule has 1 aromatic carbocycles. The Kier molecular flexibility index (Phi) is 8.86. The standard InChI is InChI=1S/C32H33N9O3/c33-10-1-4-29(42)37-25-3-2-12-40(20-25)19-22-9-11-34-28(17-22)32(43)38-24-7-5-23(6-8-24)27-18-26-30(39-27)35-21-36-31(26)41-13-15-44-16-14-41/h1,4-9,11,17-18,21,25H,2-3,12-16,19-20H2,(H,37,42)(H,38,43)(H,35,36,39)/b4-1+. The molecule has 3 N–H and O–H groups in total. The molecule has 1 unspecified atom stereocenters. The fraction of sp³-hybridized carbons (Fsp3) is 0.312. The molecular formula is C32H33N9O3. The van der Waals surface area contributed by atoms with Crippen molar-refractivity contribution in [3.8, 4) is 17.3 Å².